The lowest BCUT2D eigenvalue weighted by molar-refractivity contribution is 0.555. The van der Waals surface area contributed by atoms with Gasteiger partial charge in [0.25, 0.3) is 0 Å². The quantitative estimate of drug-likeness (QED) is 0.721. The third-order valence-corrected chi connectivity index (χ3v) is 6.49. The Bertz CT molecular complexity index is 469. The average molecular weight is 376 g/mol. The number of rotatable bonds is 7. The lowest BCUT2D eigenvalue weighted by atomic mass is 10.3. The van der Waals surface area contributed by atoms with E-state index in [4.69, 9.17) is 11.6 Å². The Balaban J connectivity index is 2.45. The second kappa shape index (κ2) is 7.21. The Morgan fingerprint density at radius 3 is 2.61 bits per heavy atom. The molecule has 0 saturated heterocycles. The number of nitrogens with one attached hydrogen (secondary N) is 2. The van der Waals surface area contributed by atoms with Crippen LogP contribution in [0.25, 0.3) is 0 Å². The van der Waals surface area contributed by atoms with Crippen LogP contribution in [-0.2, 0) is 10.0 Å². The SMILES string of the molecule is CC(C)NCCCNS(=O)(=O)c1cc(Cl)c(Br)s1. The lowest BCUT2D eigenvalue weighted by Gasteiger charge is -2.08. The van der Waals surface area contributed by atoms with Gasteiger partial charge in [-0.15, -0.1) is 11.3 Å². The second-order valence-corrected chi connectivity index (χ2v) is 8.82. The van der Waals surface area contributed by atoms with Gasteiger partial charge in [0, 0.05) is 12.6 Å². The van der Waals surface area contributed by atoms with Crippen LogP contribution in [0.15, 0.2) is 14.1 Å². The van der Waals surface area contributed by atoms with Crippen molar-refractivity contribution in [3.05, 3.63) is 14.9 Å². The summed E-state index contributed by atoms with van der Waals surface area (Å²) >= 11 is 10.1. The van der Waals surface area contributed by atoms with Gasteiger partial charge in [0.05, 0.1) is 8.81 Å². The smallest absolute Gasteiger partial charge is 0.250 e. The van der Waals surface area contributed by atoms with Crippen LogP contribution >= 0.6 is 38.9 Å². The average Bonchev–Trinajstić information content (AvgIpc) is 2.59. The van der Waals surface area contributed by atoms with Gasteiger partial charge in [-0.25, -0.2) is 13.1 Å². The molecule has 1 aromatic heterocycles. The Kier molecular flexibility index (Phi) is 6.57. The zero-order valence-electron chi connectivity index (χ0n) is 10.2. The molecule has 18 heavy (non-hydrogen) atoms. The van der Waals surface area contributed by atoms with Crippen LogP contribution in [0.2, 0.25) is 5.02 Å². The number of halogens is 2. The van der Waals surface area contributed by atoms with Crippen LogP contribution in [0, 0.1) is 0 Å². The zero-order chi connectivity index (χ0) is 13.8. The molecule has 4 nitrogen and oxygen atoms in total. The summed E-state index contributed by atoms with van der Waals surface area (Å²) in [5.74, 6) is 0. The van der Waals surface area contributed by atoms with Gasteiger partial charge in [0.1, 0.15) is 4.21 Å². The molecule has 0 amide bonds. The van der Waals surface area contributed by atoms with E-state index in [9.17, 15) is 8.42 Å². The van der Waals surface area contributed by atoms with Crippen molar-refractivity contribution in [1.82, 2.24) is 10.0 Å². The largest absolute Gasteiger partial charge is 0.314 e. The molecule has 0 aliphatic rings. The molecule has 1 heterocycles. The van der Waals surface area contributed by atoms with E-state index in [2.05, 4.69) is 39.8 Å². The van der Waals surface area contributed by atoms with E-state index in [1.807, 2.05) is 0 Å². The first-order valence-electron chi connectivity index (χ1n) is 5.51. The van der Waals surface area contributed by atoms with Crippen LogP contribution in [0.3, 0.4) is 0 Å². The Morgan fingerprint density at radius 1 is 1.44 bits per heavy atom. The molecule has 0 fully saturated rings. The molecule has 0 aliphatic carbocycles. The van der Waals surface area contributed by atoms with Gasteiger partial charge in [0.2, 0.25) is 10.0 Å². The van der Waals surface area contributed by atoms with Gasteiger partial charge in [0.15, 0.2) is 0 Å². The maximum atomic E-state index is 11.9. The fraction of sp³-hybridized carbons (Fsp3) is 0.600. The summed E-state index contributed by atoms with van der Waals surface area (Å²) in [5, 5.41) is 3.64. The predicted octanol–water partition coefficient (Wildman–Crippen LogP) is 2.83. The van der Waals surface area contributed by atoms with Crippen molar-refractivity contribution in [3.63, 3.8) is 0 Å². The number of thiophene rings is 1. The highest BCUT2D eigenvalue weighted by molar-refractivity contribution is 9.11. The molecule has 1 aromatic rings. The van der Waals surface area contributed by atoms with E-state index in [0.717, 1.165) is 24.3 Å². The summed E-state index contributed by atoms with van der Waals surface area (Å²) in [4.78, 5) is 0. The Hall–Kier alpha value is 0.340. The first-order valence-corrected chi connectivity index (χ1v) is 8.98. The van der Waals surface area contributed by atoms with Crippen LogP contribution in [0.5, 0.6) is 0 Å². The lowest BCUT2D eigenvalue weighted by Crippen LogP contribution is -2.29. The number of hydrogen-bond donors (Lipinski definition) is 2. The molecule has 0 saturated carbocycles. The molecule has 0 atom stereocenters. The Morgan fingerprint density at radius 2 is 2.11 bits per heavy atom. The van der Waals surface area contributed by atoms with Gasteiger partial charge in [-0.1, -0.05) is 25.4 Å². The van der Waals surface area contributed by atoms with E-state index in [1.165, 1.54) is 6.07 Å². The van der Waals surface area contributed by atoms with E-state index >= 15 is 0 Å². The van der Waals surface area contributed by atoms with Crippen molar-refractivity contribution in [2.45, 2.75) is 30.5 Å². The molecule has 0 aromatic carbocycles. The maximum absolute atomic E-state index is 11.9. The number of sulfonamides is 1. The van der Waals surface area contributed by atoms with E-state index in [1.54, 1.807) is 0 Å². The van der Waals surface area contributed by atoms with Crippen molar-refractivity contribution >= 4 is 48.9 Å². The number of hydrogen-bond acceptors (Lipinski definition) is 4. The molecular weight excluding hydrogens is 360 g/mol. The highest BCUT2D eigenvalue weighted by Crippen LogP contribution is 2.34. The first kappa shape index (κ1) is 16.4. The topological polar surface area (TPSA) is 58.2 Å². The summed E-state index contributed by atoms with van der Waals surface area (Å²) in [7, 11) is -3.44. The standard InChI is InChI=1S/C10H16BrClN2O2S2/c1-7(2)13-4-3-5-14-18(15,16)9-6-8(12)10(11)17-9/h6-7,13-14H,3-5H2,1-2H3. The molecule has 2 N–H and O–H groups in total. The van der Waals surface area contributed by atoms with E-state index in [-0.39, 0.29) is 4.21 Å². The summed E-state index contributed by atoms with van der Waals surface area (Å²) < 4.78 is 27.2. The molecule has 0 spiro atoms. The summed E-state index contributed by atoms with van der Waals surface area (Å²) in [6.45, 7) is 5.30. The molecule has 0 unspecified atom stereocenters. The molecule has 0 bridgehead atoms. The minimum absolute atomic E-state index is 0.233. The monoisotopic (exact) mass is 374 g/mol. The highest BCUT2D eigenvalue weighted by atomic mass is 79.9. The van der Waals surface area contributed by atoms with E-state index in [0.29, 0.717) is 21.4 Å². The third kappa shape index (κ3) is 5.14. The van der Waals surface area contributed by atoms with Crippen molar-refractivity contribution in [2.24, 2.45) is 0 Å². The van der Waals surface area contributed by atoms with E-state index < -0.39 is 10.0 Å². The molecule has 104 valence electrons. The van der Waals surface area contributed by atoms with Crippen molar-refractivity contribution < 1.29 is 8.42 Å². The maximum Gasteiger partial charge on any atom is 0.250 e. The summed E-state index contributed by atoms with van der Waals surface area (Å²) in [5.41, 5.74) is 0. The molecule has 0 radical (unpaired) electrons. The fourth-order valence-electron chi connectivity index (χ4n) is 1.22. The zero-order valence-corrected chi connectivity index (χ0v) is 14.1. The third-order valence-electron chi connectivity index (χ3n) is 2.09. The van der Waals surface area contributed by atoms with Gasteiger partial charge in [-0.3, -0.25) is 0 Å². The summed E-state index contributed by atoms with van der Waals surface area (Å²) in [6.07, 6.45) is 0.748. The highest BCUT2D eigenvalue weighted by Gasteiger charge is 2.18. The van der Waals surface area contributed by atoms with Crippen LogP contribution in [-0.4, -0.2) is 27.5 Å². The molecule has 0 aliphatic heterocycles. The minimum Gasteiger partial charge on any atom is -0.314 e. The molecular formula is C10H16BrClN2O2S2. The van der Waals surface area contributed by atoms with Crippen LogP contribution < -0.4 is 10.0 Å². The molecule has 8 heteroatoms. The van der Waals surface area contributed by atoms with Crippen LogP contribution in [0.1, 0.15) is 20.3 Å². The van der Waals surface area contributed by atoms with Gasteiger partial charge in [-0.2, -0.15) is 0 Å². The van der Waals surface area contributed by atoms with Gasteiger partial charge >= 0.3 is 0 Å². The molecule has 1 rings (SSSR count). The van der Waals surface area contributed by atoms with Crippen LogP contribution in [0.4, 0.5) is 0 Å². The van der Waals surface area contributed by atoms with Crippen molar-refractivity contribution in [3.8, 4) is 0 Å². The predicted molar refractivity (Wildman–Crippen MR) is 80.0 cm³/mol. The first-order chi connectivity index (χ1) is 8.33. The fourth-order valence-corrected chi connectivity index (χ4v) is 4.73. The summed E-state index contributed by atoms with van der Waals surface area (Å²) in [6, 6.07) is 1.86. The normalized spacial score (nSPS) is 12.3. The minimum atomic E-state index is -3.44. The van der Waals surface area contributed by atoms with Gasteiger partial charge in [-0.05, 0) is 35.0 Å². The van der Waals surface area contributed by atoms with Gasteiger partial charge < -0.3 is 5.32 Å². The Labute approximate surface area is 125 Å². The second-order valence-electron chi connectivity index (χ2n) is 4.05. The van der Waals surface area contributed by atoms with Crippen molar-refractivity contribution in [2.75, 3.05) is 13.1 Å². The van der Waals surface area contributed by atoms with Crippen molar-refractivity contribution in [1.29, 1.82) is 0 Å².